The fraction of sp³-hybridized carbons (Fsp3) is 0.939. The average Bonchev–Trinajstić information content (AvgIpc) is 3.22. The van der Waals surface area contributed by atoms with Crippen LogP contribution < -0.4 is 0 Å². The highest BCUT2D eigenvalue weighted by Crippen LogP contribution is 2.23. The molecule has 0 fully saturated rings. The Balaban J connectivity index is 4.81. The predicted octanol–water partition coefficient (Wildman–Crippen LogP) is 13.2. The number of nitrogens with zero attached hydrogens (tertiary/aromatic N) is 2. The van der Waals surface area contributed by atoms with Crippen LogP contribution in [0.1, 0.15) is 228 Å². The number of likely N-dealkylation sites (N-methyl/N-ethyl adjacent to an activating group) is 1. The van der Waals surface area contributed by atoms with Gasteiger partial charge in [-0.25, -0.2) is 4.79 Å². The first-order valence-electron chi connectivity index (χ1n) is 24.9. The molecule has 0 aromatic rings. The molecule has 1 unspecified atom stereocenters. The van der Waals surface area contributed by atoms with Crippen LogP contribution in [0.25, 0.3) is 0 Å². The molecule has 0 aromatic carbocycles. The third kappa shape index (κ3) is 37.2. The van der Waals surface area contributed by atoms with Crippen LogP contribution in [0.4, 0.5) is 4.79 Å². The Labute approximate surface area is 359 Å². The van der Waals surface area contributed by atoms with Crippen LogP contribution in [0.3, 0.4) is 0 Å². The molecule has 0 N–H and O–H groups in total. The summed E-state index contributed by atoms with van der Waals surface area (Å²) in [5.74, 6) is 0.274. The minimum atomic E-state index is -0.593. The first-order valence-corrected chi connectivity index (χ1v) is 24.9. The maximum atomic E-state index is 12.9. The molecule has 9 heteroatoms. The number of hydrogen-bond acceptors (Lipinski definition) is 9. The van der Waals surface area contributed by atoms with Gasteiger partial charge in [0, 0.05) is 39.0 Å². The van der Waals surface area contributed by atoms with Gasteiger partial charge < -0.3 is 28.7 Å². The molecular weight excluding hydrogens is 729 g/mol. The normalized spacial score (nSPS) is 12.1. The molecule has 0 rings (SSSR count). The fourth-order valence-corrected chi connectivity index (χ4v) is 7.63. The molecule has 0 aliphatic carbocycles. The van der Waals surface area contributed by atoms with Crippen LogP contribution in [0.5, 0.6) is 0 Å². The van der Waals surface area contributed by atoms with Gasteiger partial charge in [0.2, 0.25) is 0 Å². The summed E-state index contributed by atoms with van der Waals surface area (Å²) in [6, 6.07) is 0. The monoisotopic (exact) mass is 825 g/mol. The lowest BCUT2D eigenvalue weighted by atomic mass is 9.91. The predicted molar refractivity (Wildman–Crippen MR) is 242 cm³/mol. The summed E-state index contributed by atoms with van der Waals surface area (Å²) in [5.41, 5.74) is 0. The van der Waals surface area contributed by atoms with E-state index in [9.17, 15) is 14.4 Å². The standard InChI is InChI=1S/C49H96N2O7/c1-7-13-17-21-24-32-45(33-25-22-18-14-8-2)44-48(53)56-42-30-37-51(40-39-50(11-5)12-6)38-31-43-57-49(54)58-46(34-26-20-16-10-4)35-27-28-36-47(52)55-41-29-23-19-15-9-3/h45-46H,7-44H2,1-6H3. The Kier molecular flexibility index (Phi) is 41.8. The second-order valence-electron chi connectivity index (χ2n) is 16.8. The maximum absolute atomic E-state index is 12.9. The Morgan fingerprint density at radius 3 is 1.40 bits per heavy atom. The summed E-state index contributed by atoms with van der Waals surface area (Å²) in [4.78, 5) is 42.8. The molecule has 58 heavy (non-hydrogen) atoms. The Morgan fingerprint density at radius 2 is 0.845 bits per heavy atom. The zero-order chi connectivity index (χ0) is 42.7. The molecule has 9 nitrogen and oxygen atoms in total. The molecular formula is C49H96N2O7. The molecule has 344 valence electrons. The van der Waals surface area contributed by atoms with E-state index in [-0.39, 0.29) is 18.0 Å². The summed E-state index contributed by atoms with van der Waals surface area (Å²) in [6.45, 7) is 20.1. The van der Waals surface area contributed by atoms with Crippen LogP contribution >= 0.6 is 0 Å². The van der Waals surface area contributed by atoms with Gasteiger partial charge in [-0.05, 0) is 83.2 Å². The lowest BCUT2D eigenvalue weighted by molar-refractivity contribution is -0.145. The van der Waals surface area contributed by atoms with Crippen LogP contribution in [0.15, 0.2) is 0 Å². The summed E-state index contributed by atoms with van der Waals surface area (Å²) in [5, 5.41) is 0. The van der Waals surface area contributed by atoms with Crippen LogP contribution in [0, 0.1) is 5.92 Å². The van der Waals surface area contributed by atoms with Gasteiger partial charge in [-0.2, -0.15) is 0 Å². The van der Waals surface area contributed by atoms with Crippen molar-refractivity contribution in [1.82, 2.24) is 9.80 Å². The van der Waals surface area contributed by atoms with Crippen molar-refractivity contribution in [2.24, 2.45) is 5.92 Å². The second kappa shape index (κ2) is 43.2. The van der Waals surface area contributed by atoms with E-state index < -0.39 is 6.16 Å². The lowest BCUT2D eigenvalue weighted by Crippen LogP contribution is -2.37. The fourth-order valence-electron chi connectivity index (χ4n) is 7.63. The van der Waals surface area contributed by atoms with Crippen LogP contribution in [-0.2, 0) is 28.5 Å². The number of carbonyl (C=O) groups excluding carboxylic acids is 3. The van der Waals surface area contributed by atoms with Gasteiger partial charge in [0.25, 0.3) is 0 Å². The molecule has 1 atom stereocenters. The summed E-state index contributed by atoms with van der Waals surface area (Å²) >= 11 is 0. The number of hydrogen-bond donors (Lipinski definition) is 0. The molecule has 0 aromatic heterocycles. The van der Waals surface area contributed by atoms with Crippen molar-refractivity contribution < 1.29 is 33.3 Å². The van der Waals surface area contributed by atoms with Gasteiger partial charge in [-0.15, -0.1) is 0 Å². The van der Waals surface area contributed by atoms with Gasteiger partial charge >= 0.3 is 18.1 Å². The maximum Gasteiger partial charge on any atom is 0.508 e. The van der Waals surface area contributed by atoms with Crippen molar-refractivity contribution in [3.05, 3.63) is 0 Å². The summed E-state index contributed by atoms with van der Waals surface area (Å²) in [7, 11) is 0. The first kappa shape index (κ1) is 56.1. The zero-order valence-corrected chi connectivity index (χ0v) is 39.3. The van der Waals surface area contributed by atoms with Crippen molar-refractivity contribution >= 4 is 18.1 Å². The zero-order valence-electron chi connectivity index (χ0n) is 39.3. The topological polar surface area (TPSA) is 94.6 Å². The van der Waals surface area contributed by atoms with E-state index in [1.54, 1.807) is 0 Å². The third-order valence-electron chi connectivity index (χ3n) is 11.5. The molecule has 0 amide bonds. The van der Waals surface area contributed by atoms with E-state index in [1.165, 1.54) is 89.9 Å². The van der Waals surface area contributed by atoms with Gasteiger partial charge in [0.1, 0.15) is 6.10 Å². The van der Waals surface area contributed by atoms with Crippen molar-refractivity contribution in [1.29, 1.82) is 0 Å². The highest BCUT2D eigenvalue weighted by atomic mass is 16.7. The highest BCUT2D eigenvalue weighted by molar-refractivity contribution is 5.69. The number of unbranched alkanes of at least 4 members (excludes halogenated alkanes) is 16. The van der Waals surface area contributed by atoms with Gasteiger partial charge in [0.15, 0.2) is 0 Å². The van der Waals surface area contributed by atoms with Crippen molar-refractivity contribution in [3.8, 4) is 0 Å². The Morgan fingerprint density at radius 1 is 0.414 bits per heavy atom. The Hall–Kier alpha value is -1.87. The minimum Gasteiger partial charge on any atom is -0.466 e. The largest absolute Gasteiger partial charge is 0.508 e. The lowest BCUT2D eigenvalue weighted by Gasteiger charge is -2.26. The van der Waals surface area contributed by atoms with Crippen molar-refractivity contribution in [2.75, 3.05) is 59.1 Å². The summed E-state index contributed by atoms with van der Waals surface area (Å²) < 4.78 is 22.6. The number of ether oxygens (including phenoxy) is 4. The second-order valence-corrected chi connectivity index (χ2v) is 16.8. The van der Waals surface area contributed by atoms with Crippen LogP contribution in [-0.4, -0.2) is 93.1 Å². The highest BCUT2D eigenvalue weighted by Gasteiger charge is 2.18. The number of rotatable bonds is 44. The van der Waals surface area contributed by atoms with E-state index in [0.29, 0.717) is 45.0 Å². The minimum absolute atomic E-state index is 0.0385. The molecule has 0 saturated heterocycles. The third-order valence-corrected chi connectivity index (χ3v) is 11.5. The molecule has 0 aliphatic heterocycles. The van der Waals surface area contributed by atoms with Gasteiger partial charge in [-0.1, -0.05) is 151 Å². The number of carbonyl (C=O) groups is 3. The molecule has 0 radical (unpaired) electrons. The average molecular weight is 825 g/mol. The Bertz CT molecular complexity index is 901. The molecule has 0 aliphatic rings. The van der Waals surface area contributed by atoms with Gasteiger partial charge in [0.05, 0.1) is 19.8 Å². The van der Waals surface area contributed by atoms with E-state index in [4.69, 9.17) is 18.9 Å². The van der Waals surface area contributed by atoms with E-state index in [2.05, 4.69) is 51.3 Å². The SMILES string of the molecule is CCCCCCCOC(=O)CCCCC(CCCCCC)OC(=O)OCCCN(CCCOC(=O)CC(CCCCCCC)CCCCCCC)CCN(CC)CC. The molecule has 0 saturated carbocycles. The molecule has 0 bridgehead atoms. The van der Waals surface area contributed by atoms with E-state index in [0.717, 1.165) is 116 Å². The van der Waals surface area contributed by atoms with Crippen molar-refractivity contribution in [3.63, 3.8) is 0 Å². The molecule has 0 heterocycles. The van der Waals surface area contributed by atoms with Gasteiger partial charge in [-0.3, -0.25) is 9.59 Å². The van der Waals surface area contributed by atoms with E-state index >= 15 is 0 Å². The quantitative estimate of drug-likeness (QED) is 0.0338. The first-order chi connectivity index (χ1) is 28.3. The number of esters is 2. The van der Waals surface area contributed by atoms with Crippen LogP contribution in [0.2, 0.25) is 0 Å². The smallest absolute Gasteiger partial charge is 0.466 e. The van der Waals surface area contributed by atoms with E-state index in [1.807, 2.05) is 0 Å². The van der Waals surface area contributed by atoms with Crippen molar-refractivity contribution in [2.45, 2.75) is 234 Å². The molecule has 0 spiro atoms. The summed E-state index contributed by atoms with van der Waals surface area (Å²) in [6.07, 6.45) is 29.9.